The van der Waals surface area contributed by atoms with Gasteiger partial charge >= 0.3 is 0 Å². The fourth-order valence-electron chi connectivity index (χ4n) is 4.04. The Morgan fingerprint density at radius 3 is 2.61 bits per heavy atom. The van der Waals surface area contributed by atoms with Crippen molar-refractivity contribution in [2.45, 2.75) is 20.1 Å². The molecule has 5 rings (SSSR count). The smallest absolute Gasteiger partial charge is 0.183 e. The molecule has 0 amide bonds. The SMILES string of the molecule is CCn1cnc2c(-c3ccc(F)c(-c4cccc(-c5cccnn5)c4COC)c3)cnnc21. The summed E-state index contributed by atoms with van der Waals surface area (Å²) in [6, 6.07) is 14.5. The number of halogens is 1. The molecular weight excluding hydrogens is 419 g/mol. The van der Waals surface area contributed by atoms with Crippen LogP contribution in [-0.2, 0) is 17.9 Å². The van der Waals surface area contributed by atoms with Gasteiger partial charge in [-0.05, 0) is 47.9 Å². The Morgan fingerprint density at radius 1 is 0.939 bits per heavy atom. The van der Waals surface area contributed by atoms with Crippen molar-refractivity contribution in [2.24, 2.45) is 0 Å². The largest absolute Gasteiger partial charge is 0.380 e. The van der Waals surface area contributed by atoms with E-state index >= 15 is 4.39 Å². The molecular formula is C25H21FN6O. The van der Waals surface area contributed by atoms with Crippen LogP contribution in [0, 0.1) is 5.82 Å². The second-order valence-corrected chi connectivity index (χ2v) is 7.53. The Kier molecular flexibility index (Phi) is 5.58. The van der Waals surface area contributed by atoms with E-state index < -0.39 is 0 Å². The number of ether oxygens (including phenoxy) is 1. The minimum atomic E-state index is -0.329. The zero-order valence-electron chi connectivity index (χ0n) is 18.2. The molecule has 0 saturated heterocycles. The van der Waals surface area contributed by atoms with Crippen molar-refractivity contribution in [3.63, 3.8) is 0 Å². The maximum absolute atomic E-state index is 15.2. The first-order chi connectivity index (χ1) is 16.2. The predicted octanol–water partition coefficient (Wildman–Crippen LogP) is 4.92. The summed E-state index contributed by atoms with van der Waals surface area (Å²) < 4.78 is 22.6. The van der Waals surface area contributed by atoms with E-state index in [1.165, 1.54) is 6.07 Å². The van der Waals surface area contributed by atoms with Crippen LogP contribution >= 0.6 is 0 Å². The van der Waals surface area contributed by atoms with Gasteiger partial charge in [-0.1, -0.05) is 24.3 Å². The third-order valence-electron chi connectivity index (χ3n) is 5.63. The molecule has 7 nitrogen and oxygen atoms in total. The van der Waals surface area contributed by atoms with Crippen molar-refractivity contribution >= 4 is 11.2 Å². The Hall–Kier alpha value is -4.04. The molecule has 164 valence electrons. The topological polar surface area (TPSA) is 78.6 Å². The van der Waals surface area contributed by atoms with Gasteiger partial charge in [-0.15, -0.1) is 5.10 Å². The van der Waals surface area contributed by atoms with Crippen molar-refractivity contribution in [2.75, 3.05) is 7.11 Å². The highest BCUT2D eigenvalue weighted by Crippen LogP contribution is 2.36. The van der Waals surface area contributed by atoms with E-state index in [4.69, 9.17) is 4.74 Å². The third-order valence-corrected chi connectivity index (χ3v) is 5.63. The molecule has 0 atom stereocenters. The van der Waals surface area contributed by atoms with Crippen molar-refractivity contribution in [1.82, 2.24) is 29.9 Å². The highest BCUT2D eigenvalue weighted by atomic mass is 19.1. The van der Waals surface area contributed by atoms with Crippen molar-refractivity contribution in [3.8, 4) is 33.5 Å². The number of rotatable bonds is 6. The average molecular weight is 440 g/mol. The molecule has 0 aliphatic rings. The van der Waals surface area contributed by atoms with Crippen molar-refractivity contribution in [3.05, 3.63) is 78.6 Å². The van der Waals surface area contributed by atoms with Gasteiger partial charge in [-0.25, -0.2) is 9.37 Å². The number of imidazole rings is 1. The van der Waals surface area contributed by atoms with Gasteiger partial charge in [0.1, 0.15) is 11.3 Å². The van der Waals surface area contributed by atoms with Gasteiger partial charge in [-0.2, -0.15) is 15.3 Å². The van der Waals surface area contributed by atoms with Crippen LogP contribution in [0.1, 0.15) is 12.5 Å². The van der Waals surface area contributed by atoms with Gasteiger partial charge in [-0.3, -0.25) is 0 Å². The number of nitrogens with zero attached hydrogens (tertiary/aromatic N) is 6. The monoisotopic (exact) mass is 440 g/mol. The molecule has 0 fully saturated rings. The fraction of sp³-hybridized carbons (Fsp3) is 0.160. The van der Waals surface area contributed by atoms with Gasteiger partial charge in [0.2, 0.25) is 0 Å². The van der Waals surface area contributed by atoms with Crippen molar-refractivity contribution < 1.29 is 9.13 Å². The molecule has 2 aromatic carbocycles. The number of aryl methyl sites for hydroxylation is 1. The normalized spacial score (nSPS) is 11.2. The molecule has 0 N–H and O–H groups in total. The number of methoxy groups -OCH3 is 1. The van der Waals surface area contributed by atoms with Gasteiger partial charge in [0.15, 0.2) is 5.65 Å². The lowest BCUT2D eigenvalue weighted by Gasteiger charge is -2.15. The first-order valence-electron chi connectivity index (χ1n) is 10.6. The lowest BCUT2D eigenvalue weighted by molar-refractivity contribution is 0.185. The average Bonchev–Trinajstić information content (AvgIpc) is 3.29. The van der Waals surface area contributed by atoms with Crippen LogP contribution in [0.15, 0.2) is 67.3 Å². The molecule has 0 radical (unpaired) electrons. The van der Waals surface area contributed by atoms with Gasteiger partial charge in [0, 0.05) is 36.5 Å². The molecule has 3 heterocycles. The number of benzene rings is 2. The summed E-state index contributed by atoms with van der Waals surface area (Å²) in [5.74, 6) is -0.329. The van der Waals surface area contributed by atoms with E-state index in [2.05, 4.69) is 25.4 Å². The summed E-state index contributed by atoms with van der Waals surface area (Å²) in [7, 11) is 1.62. The summed E-state index contributed by atoms with van der Waals surface area (Å²) in [4.78, 5) is 4.52. The molecule has 5 aromatic rings. The molecule has 33 heavy (non-hydrogen) atoms. The lowest BCUT2D eigenvalue weighted by Crippen LogP contribution is -2.00. The maximum Gasteiger partial charge on any atom is 0.183 e. The second-order valence-electron chi connectivity index (χ2n) is 7.53. The van der Waals surface area contributed by atoms with Crippen LogP contribution < -0.4 is 0 Å². The van der Waals surface area contributed by atoms with Crippen LogP contribution in [0.2, 0.25) is 0 Å². The number of hydrogen-bond acceptors (Lipinski definition) is 6. The van der Waals surface area contributed by atoms with Crippen molar-refractivity contribution in [1.29, 1.82) is 0 Å². The maximum atomic E-state index is 15.2. The van der Waals surface area contributed by atoms with Crippen LogP contribution in [0.5, 0.6) is 0 Å². The van der Waals surface area contributed by atoms with E-state index in [-0.39, 0.29) is 5.82 Å². The summed E-state index contributed by atoms with van der Waals surface area (Å²) >= 11 is 0. The highest BCUT2D eigenvalue weighted by Gasteiger charge is 2.18. The quantitative estimate of drug-likeness (QED) is 0.373. The summed E-state index contributed by atoms with van der Waals surface area (Å²) in [6.45, 7) is 3.06. The molecule has 0 bridgehead atoms. The molecule has 8 heteroatoms. The van der Waals surface area contributed by atoms with Crippen LogP contribution in [0.3, 0.4) is 0 Å². The number of aromatic nitrogens is 6. The van der Waals surface area contributed by atoms with Gasteiger partial charge in [0.25, 0.3) is 0 Å². The summed E-state index contributed by atoms with van der Waals surface area (Å²) in [5, 5.41) is 16.6. The minimum absolute atomic E-state index is 0.299. The van der Waals surface area contributed by atoms with Crippen LogP contribution in [0.25, 0.3) is 44.7 Å². The predicted molar refractivity (Wildman–Crippen MR) is 124 cm³/mol. The first-order valence-corrected chi connectivity index (χ1v) is 10.6. The second kappa shape index (κ2) is 8.84. The van der Waals surface area contributed by atoms with Crippen LogP contribution in [-0.4, -0.2) is 37.1 Å². The Balaban J connectivity index is 1.70. The summed E-state index contributed by atoms with van der Waals surface area (Å²) in [6.07, 6.45) is 5.03. The third kappa shape index (κ3) is 3.74. The van der Waals surface area contributed by atoms with E-state index in [0.29, 0.717) is 23.5 Å². The van der Waals surface area contributed by atoms with E-state index in [9.17, 15) is 0 Å². The molecule has 3 aromatic heterocycles. The number of fused-ring (bicyclic) bond motifs is 1. The molecule has 0 aliphatic carbocycles. The Labute approximate surface area is 189 Å². The van der Waals surface area contributed by atoms with Crippen LogP contribution in [0.4, 0.5) is 4.39 Å². The highest BCUT2D eigenvalue weighted by molar-refractivity contribution is 5.90. The molecule has 0 spiro atoms. The summed E-state index contributed by atoms with van der Waals surface area (Å²) in [5.41, 5.74) is 6.62. The molecule has 0 aliphatic heterocycles. The van der Waals surface area contributed by atoms with Gasteiger partial charge in [0.05, 0.1) is 24.8 Å². The van der Waals surface area contributed by atoms with E-state index in [1.807, 2.05) is 47.9 Å². The minimum Gasteiger partial charge on any atom is -0.380 e. The van der Waals surface area contributed by atoms with E-state index in [1.54, 1.807) is 31.9 Å². The first kappa shape index (κ1) is 20.8. The fourth-order valence-corrected chi connectivity index (χ4v) is 4.04. The Morgan fingerprint density at radius 2 is 1.82 bits per heavy atom. The Bertz CT molecular complexity index is 1430. The molecule has 0 saturated carbocycles. The zero-order chi connectivity index (χ0) is 22.8. The zero-order valence-corrected chi connectivity index (χ0v) is 18.2. The molecule has 0 unspecified atom stereocenters. The number of hydrogen-bond donors (Lipinski definition) is 0. The van der Waals surface area contributed by atoms with E-state index in [0.717, 1.165) is 39.9 Å². The lowest BCUT2D eigenvalue weighted by atomic mass is 9.92. The van der Waals surface area contributed by atoms with Gasteiger partial charge < -0.3 is 9.30 Å². The standard InChI is InChI=1S/C25H21FN6O/c1-3-32-15-27-24-20(13-29-31-25(24)32)16-9-10-22(26)19(12-16)17-6-4-7-18(21(17)14-33-2)23-8-5-11-28-30-23/h4-13,15H,3,14H2,1-2H3.